The Hall–Kier alpha value is -1.17. The Bertz CT molecular complexity index is 724. The highest BCUT2D eigenvalue weighted by Gasteiger charge is 2.23. The Morgan fingerprint density at radius 3 is 1.29 bits per heavy atom. The summed E-state index contributed by atoms with van der Waals surface area (Å²) >= 11 is 0. The molecule has 5 heteroatoms. The third-order valence-electron chi connectivity index (χ3n) is 10.1. The average molecular weight is 692 g/mol. The number of unbranched alkanes of at least 4 members (excludes halogenated alkanes) is 28. The molecule has 0 bridgehead atoms. The molecule has 0 radical (unpaired) electrons. The summed E-state index contributed by atoms with van der Waals surface area (Å²) in [7, 11) is 0. The molecule has 0 heterocycles. The molecule has 5 nitrogen and oxygen atoms in total. The summed E-state index contributed by atoms with van der Waals surface area (Å²) in [6.07, 6.45) is 47.7. The first-order valence-corrected chi connectivity index (χ1v) is 21.6. The standard InChI is InChI=1S/C44H85NO4/c1-3-5-7-9-11-13-15-17-18-19-20-21-22-23-24-25-26-27-29-30-32-34-36-38-42(47)41(40-46)45-44(49)43(48)39-37-35-33-31-28-16-14-12-10-8-6-4-2/h28,31,35,37,41-43,46-48H,3-27,29-30,32-34,36,38-40H2,1-2H3,(H,45,49)/b31-28-,37-35-. The van der Waals surface area contributed by atoms with Gasteiger partial charge in [-0.25, -0.2) is 0 Å². The fraction of sp³-hybridized carbons (Fsp3) is 0.886. The molecule has 0 aromatic rings. The molecule has 3 atom stereocenters. The molecule has 0 aromatic carbocycles. The monoisotopic (exact) mass is 692 g/mol. The fourth-order valence-corrected chi connectivity index (χ4v) is 6.65. The number of aliphatic hydroxyl groups is 3. The van der Waals surface area contributed by atoms with Crippen molar-refractivity contribution in [1.82, 2.24) is 5.32 Å². The molecule has 0 aromatic heterocycles. The molecule has 49 heavy (non-hydrogen) atoms. The number of amides is 1. The summed E-state index contributed by atoms with van der Waals surface area (Å²) in [6, 6.07) is -0.740. The normalized spacial score (nSPS) is 13.8. The minimum absolute atomic E-state index is 0.227. The molecule has 0 aliphatic carbocycles. The van der Waals surface area contributed by atoms with Crippen molar-refractivity contribution in [2.24, 2.45) is 0 Å². The van der Waals surface area contributed by atoms with Crippen molar-refractivity contribution in [2.45, 2.75) is 244 Å². The number of nitrogens with one attached hydrogen (secondary N) is 1. The summed E-state index contributed by atoms with van der Waals surface area (Å²) in [6.45, 7) is 4.19. The minimum atomic E-state index is -1.18. The molecule has 290 valence electrons. The maximum absolute atomic E-state index is 12.4. The number of hydrogen-bond donors (Lipinski definition) is 4. The van der Waals surface area contributed by atoms with Crippen molar-refractivity contribution in [2.75, 3.05) is 6.61 Å². The number of hydrogen-bond acceptors (Lipinski definition) is 4. The highest BCUT2D eigenvalue weighted by atomic mass is 16.3. The van der Waals surface area contributed by atoms with Crippen LogP contribution in [0.15, 0.2) is 24.3 Å². The Morgan fingerprint density at radius 2 is 0.878 bits per heavy atom. The van der Waals surface area contributed by atoms with Crippen LogP contribution in [0.4, 0.5) is 0 Å². The van der Waals surface area contributed by atoms with Crippen molar-refractivity contribution in [3.63, 3.8) is 0 Å². The van der Waals surface area contributed by atoms with Crippen molar-refractivity contribution in [3.8, 4) is 0 Å². The third-order valence-corrected chi connectivity index (χ3v) is 10.1. The number of rotatable bonds is 39. The van der Waals surface area contributed by atoms with Crippen molar-refractivity contribution in [1.29, 1.82) is 0 Å². The molecule has 0 rings (SSSR count). The lowest BCUT2D eigenvalue weighted by Gasteiger charge is -2.23. The van der Waals surface area contributed by atoms with Gasteiger partial charge in [-0.1, -0.05) is 218 Å². The molecular weight excluding hydrogens is 606 g/mol. The van der Waals surface area contributed by atoms with E-state index in [0.29, 0.717) is 6.42 Å². The summed E-state index contributed by atoms with van der Waals surface area (Å²) in [5, 5.41) is 33.1. The van der Waals surface area contributed by atoms with Crippen LogP contribution >= 0.6 is 0 Å². The molecule has 1 amide bonds. The van der Waals surface area contributed by atoms with Gasteiger partial charge in [0, 0.05) is 6.42 Å². The Kier molecular flexibility index (Phi) is 38.7. The smallest absolute Gasteiger partial charge is 0.249 e. The van der Waals surface area contributed by atoms with Gasteiger partial charge in [-0.3, -0.25) is 4.79 Å². The van der Waals surface area contributed by atoms with Crippen LogP contribution in [0.2, 0.25) is 0 Å². The van der Waals surface area contributed by atoms with Crippen molar-refractivity contribution >= 4 is 5.91 Å². The molecule has 3 unspecified atom stereocenters. The van der Waals surface area contributed by atoms with Gasteiger partial charge in [0.15, 0.2) is 0 Å². The van der Waals surface area contributed by atoms with Crippen LogP contribution in [0, 0.1) is 0 Å². The zero-order valence-electron chi connectivity index (χ0n) is 32.8. The van der Waals surface area contributed by atoms with Gasteiger partial charge in [0.25, 0.3) is 0 Å². The Balaban J connectivity index is 3.62. The summed E-state index contributed by atoms with van der Waals surface area (Å²) in [4.78, 5) is 12.4. The van der Waals surface area contributed by atoms with Crippen LogP contribution < -0.4 is 5.32 Å². The third kappa shape index (κ3) is 35.0. The summed E-state index contributed by atoms with van der Waals surface area (Å²) in [5.74, 6) is -0.536. The second-order valence-electron chi connectivity index (χ2n) is 14.9. The molecule has 4 N–H and O–H groups in total. The minimum Gasteiger partial charge on any atom is -0.394 e. The van der Waals surface area contributed by atoms with Gasteiger partial charge in [0.1, 0.15) is 6.10 Å². The topological polar surface area (TPSA) is 89.8 Å². The van der Waals surface area contributed by atoms with Crippen molar-refractivity contribution in [3.05, 3.63) is 24.3 Å². The van der Waals surface area contributed by atoms with E-state index in [4.69, 9.17) is 0 Å². The lowest BCUT2D eigenvalue weighted by Crippen LogP contribution is -2.49. The maximum Gasteiger partial charge on any atom is 0.249 e. The van der Waals surface area contributed by atoms with Crippen LogP contribution in [0.3, 0.4) is 0 Å². The first kappa shape index (κ1) is 47.8. The van der Waals surface area contributed by atoms with Crippen LogP contribution in [0.5, 0.6) is 0 Å². The molecular formula is C44H85NO4. The first-order chi connectivity index (χ1) is 24.1. The highest BCUT2D eigenvalue weighted by molar-refractivity contribution is 5.81. The lowest BCUT2D eigenvalue weighted by atomic mass is 10.0. The van der Waals surface area contributed by atoms with Crippen LogP contribution in [-0.2, 0) is 4.79 Å². The summed E-state index contributed by atoms with van der Waals surface area (Å²) in [5.41, 5.74) is 0. The van der Waals surface area contributed by atoms with E-state index in [2.05, 4.69) is 31.3 Å². The average Bonchev–Trinajstić information content (AvgIpc) is 3.11. The van der Waals surface area contributed by atoms with Gasteiger partial charge in [-0.15, -0.1) is 0 Å². The quantitative estimate of drug-likeness (QED) is 0.0381. The van der Waals surface area contributed by atoms with E-state index in [0.717, 1.165) is 25.7 Å². The number of carbonyl (C=O) groups is 1. The van der Waals surface area contributed by atoms with E-state index in [1.165, 1.54) is 173 Å². The van der Waals surface area contributed by atoms with Crippen LogP contribution in [0.25, 0.3) is 0 Å². The van der Waals surface area contributed by atoms with Gasteiger partial charge in [0.2, 0.25) is 5.91 Å². The van der Waals surface area contributed by atoms with E-state index in [-0.39, 0.29) is 13.0 Å². The summed E-state index contributed by atoms with van der Waals surface area (Å²) < 4.78 is 0. The largest absolute Gasteiger partial charge is 0.394 e. The predicted molar refractivity (Wildman–Crippen MR) is 213 cm³/mol. The van der Waals surface area contributed by atoms with Gasteiger partial charge >= 0.3 is 0 Å². The Labute approximate surface area is 305 Å². The second kappa shape index (κ2) is 39.6. The second-order valence-corrected chi connectivity index (χ2v) is 14.9. The fourth-order valence-electron chi connectivity index (χ4n) is 6.65. The first-order valence-electron chi connectivity index (χ1n) is 21.6. The van der Waals surface area contributed by atoms with Crippen LogP contribution in [0.1, 0.15) is 226 Å². The van der Waals surface area contributed by atoms with E-state index >= 15 is 0 Å². The zero-order valence-corrected chi connectivity index (χ0v) is 32.8. The molecule has 0 spiro atoms. The highest BCUT2D eigenvalue weighted by Crippen LogP contribution is 2.16. The van der Waals surface area contributed by atoms with E-state index in [1.807, 2.05) is 12.2 Å². The molecule has 0 saturated carbocycles. The number of carbonyl (C=O) groups excluding carboxylic acids is 1. The van der Waals surface area contributed by atoms with E-state index in [1.54, 1.807) is 0 Å². The van der Waals surface area contributed by atoms with E-state index in [9.17, 15) is 20.1 Å². The van der Waals surface area contributed by atoms with Gasteiger partial charge in [-0.2, -0.15) is 0 Å². The Morgan fingerprint density at radius 1 is 0.510 bits per heavy atom. The molecule has 0 fully saturated rings. The molecule has 0 aliphatic heterocycles. The van der Waals surface area contributed by atoms with Crippen LogP contribution in [-0.4, -0.2) is 46.1 Å². The van der Waals surface area contributed by atoms with Crippen molar-refractivity contribution < 1.29 is 20.1 Å². The maximum atomic E-state index is 12.4. The van der Waals surface area contributed by atoms with Gasteiger partial charge in [-0.05, 0) is 25.7 Å². The molecule has 0 saturated heterocycles. The molecule has 0 aliphatic rings. The SMILES string of the molecule is CCCCCCCC/C=C\C/C=C\CC(O)C(=O)NC(CO)C(O)CCCCCCCCCCCCCCCCCCCCCCCCC. The van der Waals surface area contributed by atoms with Gasteiger partial charge < -0.3 is 20.6 Å². The number of aliphatic hydroxyl groups excluding tert-OH is 3. The van der Waals surface area contributed by atoms with E-state index < -0.39 is 24.2 Å². The lowest BCUT2D eigenvalue weighted by molar-refractivity contribution is -0.131. The van der Waals surface area contributed by atoms with Gasteiger partial charge in [0.05, 0.1) is 18.8 Å². The zero-order chi connectivity index (χ0) is 35.9. The number of allylic oxidation sites excluding steroid dienone is 3. The predicted octanol–water partition coefficient (Wildman–Crippen LogP) is 12.2.